The van der Waals surface area contributed by atoms with Crippen molar-refractivity contribution in [2.24, 2.45) is 5.92 Å². The Labute approximate surface area is 131 Å². The Morgan fingerprint density at radius 3 is 2.64 bits per heavy atom. The minimum absolute atomic E-state index is 0.191. The normalized spacial score (nSPS) is 17.7. The molecule has 0 radical (unpaired) electrons. The zero-order valence-electron chi connectivity index (χ0n) is 11.6. The Balaban J connectivity index is 1.75. The molecule has 2 aromatic rings. The fraction of sp³-hybridized carbons (Fsp3) is 0.267. The van der Waals surface area contributed by atoms with Gasteiger partial charge in [-0.3, -0.25) is 9.59 Å². The molecule has 1 N–H and O–H groups in total. The first-order chi connectivity index (χ1) is 10.5. The van der Waals surface area contributed by atoms with Gasteiger partial charge < -0.3 is 10.0 Å². The summed E-state index contributed by atoms with van der Waals surface area (Å²) >= 11 is 5.84. The third-order valence-electron chi connectivity index (χ3n) is 3.75. The first-order valence-corrected chi connectivity index (χ1v) is 7.25. The van der Waals surface area contributed by atoms with Crippen molar-refractivity contribution in [2.75, 3.05) is 13.1 Å². The molecular weight excluding hydrogens is 306 g/mol. The van der Waals surface area contributed by atoms with Gasteiger partial charge in [0.05, 0.1) is 23.4 Å². The molecule has 1 aliphatic heterocycles. The third kappa shape index (κ3) is 2.82. The van der Waals surface area contributed by atoms with E-state index in [0.29, 0.717) is 23.6 Å². The van der Waals surface area contributed by atoms with Gasteiger partial charge in [-0.05, 0) is 30.7 Å². The first kappa shape index (κ1) is 14.6. The second kappa shape index (κ2) is 5.81. The summed E-state index contributed by atoms with van der Waals surface area (Å²) in [6.07, 6.45) is 3.62. The first-order valence-electron chi connectivity index (χ1n) is 6.87. The number of carboxylic acids is 1. The van der Waals surface area contributed by atoms with Crippen molar-refractivity contribution in [2.45, 2.75) is 6.42 Å². The molecule has 0 bridgehead atoms. The predicted molar refractivity (Wildman–Crippen MR) is 80.2 cm³/mol. The van der Waals surface area contributed by atoms with Gasteiger partial charge in [-0.2, -0.15) is 5.10 Å². The van der Waals surface area contributed by atoms with Crippen LogP contribution in [0.3, 0.4) is 0 Å². The lowest BCUT2D eigenvalue weighted by atomic mass is 10.1. The molecule has 1 aromatic heterocycles. The number of nitrogens with zero attached hydrogens (tertiary/aromatic N) is 3. The molecule has 6 nitrogen and oxygen atoms in total. The highest BCUT2D eigenvalue weighted by molar-refractivity contribution is 6.30. The van der Waals surface area contributed by atoms with Gasteiger partial charge in [0.25, 0.3) is 5.91 Å². The molecule has 7 heteroatoms. The van der Waals surface area contributed by atoms with E-state index >= 15 is 0 Å². The van der Waals surface area contributed by atoms with Crippen LogP contribution in [-0.2, 0) is 4.79 Å². The van der Waals surface area contributed by atoms with Gasteiger partial charge in [-0.1, -0.05) is 11.6 Å². The van der Waals surface area contributed by atoms with Crippen molar-refractivity contribution < 1.29 is 14.7 Å². The van der Waals surface area contributed by atoms with Crippen LogP contribution in [0.5, 0.6) is 0 Å². The van der Waals surface area contributed by atoms with E-state index in [9.17, 15) is 9.59 Å². The van der Waals surface area contributed by atoms with Crippen molar-refractivity contribution in [1.82, 2.24) is 14.7 Å². The summed E-state index contributed by atoms with van der Waals surface area (Å²) in [6, 6.07) is 7.11. The summed E-state index contributed by atoms with van der Waals surface area (Å²) < 4.78 is 1.59. The molecule has 22 heavy (non-hydrogen) atoms. The summed E-state index contributed by atoms with van der Waals surface area (Å²) in [5.74, 6) is -1.52. The maximum atomic E-state index is 12.4. The monoisotopic (exact) mass is 319 g/mol. The number of aromatic nitrogens is 2. The van der Waals surface area contributed by atoms with Crippen LogP contribution in [0.25, 0.3) is 5.69 Å². The van der Waals surface area contributed by atoms with Crippen LogP contribution in [0.2, 0.25) is 5.02 Å². The van der Waals surface area contributed by atoms with Crippen molar-refractivity contribution in [3.63, 3.8) is 0 Å². The fourth-order valence-electron chi connectivity index (χ4n) is 2.50. The number of carboxylic acid groups (broad SMARTS) is 1. The topological polar surface area (TPSA) is 75.4 Å². The molecule has 114 valence electrons. The molecule has 1 aromatic carbocycles. The highest BCUT2D eigenvalue weighted by Crippen LogP contribution is 2.19. The standard InChI is InChI=1S/C15H14ClN3O3/c16-12-1-3-13(4-2-12)19-9-11(7-17-19)14(20)18-6-5-10(8-18)15(21)22/h1-4,7,9-10H,5-6,8H2,(H,21,22)/t10-/m1/s1. The number of halogens is 1. The third-order valence-corrected chi connectivity index (χ3v) is 4.00. The van der Waals surface area contributed by atoms with E-state index in [4.69, 9.17) is 16.7 Å². The van der Waals surface area contributed by atoms with E-state index in [2.05, 4.69) is 5.10 Å². The number of rotatable bonds is 3. The quantitative estimate of drug-likeness (QED) is 0.939. The fourth-order valence-corrected chi connectivity index (χ4v) is 2.62. The van der Waals surface area contributed by atoms with E-state index in [1.54, 1.807) is 40.0 Å². The molecular formula is C15H14ClN3O3. The van der Waals surface area contributed by atoms with Crippen LogP contribution in [0.1, 0.15) is 16.8 Å². The van der Waals surface area contributed by atoms with Crippen LogP contribution in [0, 0.1) is 5.92 Å². The zero-order chi connectivity index (χ0) is 15.7. The largest absolute Gasteiger partial charge is 0.481 e. The Morgan fingerprint density at radius 1 is 1.27 bits per heavy atom. The molecule has 3 rings (SSSR count). The summed E-state index contributed by atoms with van der Waals surface area (Å²) in [4.78, 5) is 24.9. The number of hydrogen-bond donors (Lipinski definition) is 1. The number of aliphatic carboxylic acids is 1. The summed E-state index contributed by atoms with van der Waals surface area (Å²) in [7, 11) is 0. The number of carbonyl (C=O) groups excluding carboxylic acids is 1. The Hall–Kier alpha value is -2.34. The lowest BCUT2D eigenvalue weighted by Gasteiger charge is -2.14. The van der Waals surface area contributed by atoms with Crippen LogP contribution in [0.4, 0.5) is 0 Å². The molecule has 1 aliphatic rings. The minimum atomic E-state index is -0.854. The van der Waals surface area contributed by atoms with Crippen LogP contribution in [0.15, 0.2) is 36.7 Å². The summed E-state index contributed by atoms with van der Waals surface area (Å²) in [5, 5.41) is 13.8. The molecule has 0 unspecified atom stereocenters. The Bertz CT molecular complexity index is 711. The van der Waals surface area contributed by atoms with E-state index in [1.165, 1.54) is 6.20 Å². The lowest BCUT2D eigenvalue weighted by molar-refractivity contribution is -0.141. The highest BCUT2D eigenvalue weighted by atomic mass is 35.5. The van der Waals surface area contributed by atoms with Crippen LogP contribution < -0.4 is 0 Å². The molecule has 0 saturated carbocycles. The number of benzene rings is 1. The second-order valence-corrected chi connectivity index (χ2v) is 5.66. The van der Waals surface area contributed by atoms with E-state index in [1.807, 2.05) is 0 Å². The second-order valence-electron chi connectivity index (χ2n) is 5.23. The van der Waals surface area contributed by atoms with Crippen molar-refractivity contribution in [1.29, 1.82) is 0 Å². The van der Waals surface area contributed by atoms with Gasteiger partial charge in [0, 0.05) is 24.3 Å². The average Bonchev–Trinajstić information content (AvgIpc) is 3.17. The smallest absolute Gasteiger partial charge is 0.308 e. The van der Waals surface area contributed by atoms with Gasteiger partial charge in [-0.15, -0.1) is 0 Å². The maximum absolute atomic E-state index is 12.4. The number of carbonyl (C=O) groups is 2. The SMILES string of the molecule is O=C(O)[C@@H]1CCN(C(=O)c2cnn(-c3ccc(Cl)cc3)c2)C1. The van der Waals surface area contributed by atoms with E-state index in [-0.39, 0.29) is 12.5 Å². The Morgan fingerprint density at radius 2 is 2.00 bits per heavy atom. The number of likely N-dealkylation sites (tertiary alicyclic amines) is 1. The lowest BCUT2D eigenvalue weighted by Crippen LogP contribution is -2.29. The van der Waals surface area contributed by atoms with Crippen molar-refractivity contribution in [3.8, 4) is 5.69 Å². The molecule has 0 spiro atoms. The summed E-state index contributed by atoms with van der Waals surface area (Å²) in [5.41, 5.74) is 1.24. The van der Waals surface area contributed by atoms with Crippen molar-refractivity contribution >= 4 is 23.5 Å². The summed E-state index contributed by atoms with van der Waals surface area (Å²) in [6.45, 7) is 0.711. The zero-order valence-corrected chi connectivity index (χ0v) is 12.4. The van der Waals surface area contributed by atoms with Gasteiger partial charge in [0.15, 0.2) is 0 Å². The minimum Gasteiger partial charge on any atom is -0.481 e. The van der Waals surface area contributed by atoms with Crippen LogP contribution in [-0.4, -0.2) is 44.8 Å². The Kier molecular flexibility index (Phi) is 3.85. The highest BCUT2D eigenvalue weighted by Gasteiger charge is 2.31. The molecule has 0 aliphatic carbocycles. The predicted octanol–water partition coefficient (Wildman–Crippen LogP) is 2.07. The number of amides is 1. The van der Waals surface area contributed by atoms with Gasteiger partial charge in [0.2, 0.25) is 0 Å². The van der Waals surface area contributed by atoms with E-state index in [0.717, 1.165) is 5.69 Å². The molecule has 1 fully saturated rings. The van der Waals surface area contributed by atoms with Gasteiger partial charge in [0.1, 0.15) is 0 Å². The molecule has 2 heterocycles. The molecule has 1 amide bonds. The molecule has 1 atom stereocenters. The van der Waals surface area contributed by atoms with Gasteiger partial charge in [-0.25, -0.2) is 4.68 Å². The van der Waals surface area contributed by atoms with Crippen LogP contribution >= 0.6 is 11.6 Å². The average molecular weight is 320 g/mol. The van der Waals surface area contributed by atoms with E-state index < -0.39 is 11.9 Å². The maximum Gasteiger partial charge on any atom is 0.308 e. The van der Waals surface area contributed by atoms with Gasteiger partial charge >= 0.3 is 5.97 Å². The van der Waals surface area contributed by atoms with Crippen molar-refractivity contribution in [3.05, 3.63) is 47.2 Å². The molecule has 1 saturated heterocycles. The number of hydrogen-bond acceptors (Lipinski definition) is 3.